The largest absolute Gasteiger partial charge is 0.451 e. The number of nitrogens with zero attached hydrogens (tertiary/aromatic N) is 1. The number of carbonyl (C=O) groups is 4. The number of hydrogen-bond acceptors (Lipinski definition) is 5. The van der Waals surface area contributed by atoms with E-state index < -0.39 is 30.3 Å². The fourth-order valence-corrected chi connectivity index (χ4v) is 2.37. The predicted molar refractivity (Wildman–Crippen MR) is 79.8 cm³/mol. The summed E-state index contributed by atoms with van der Waals surface area (Å²) >= 11 is 0. The second-order valence-corrected chi connectivity index (χ2v) is 5.65. The molecule has 1 fully saturated rings. The molecule has 1 aliphatic heterocycles. The van der Waals surface area contributed by atoms with E-state index in [0.29, 0.717) is 5.69 Å². The minimum absolute atomic E-state index is 0.174. The Bertz CT molecular complexity index is 695. The molecule has 120 valence electrons. The molecule has 2 amide bonds. The molecular weight excluding hydrogens is 300 g/mol. The van der Waals surface area contributed by atoms with Crippen LogP contribution in [0, 0.1) is 0 Å². The minimum atomic E-state index is -0.938. The second kappa shape index (κ2) is 5.83. The van der Waals surface area contributed by atoms with Crippen LogP contribution in [0.3, 0.4) is 0 Å². The van der Waals surface area contributed by atoms with Gasteiger partial charge in [0.05, 0.1) is 11.3 Å². The summed E-state index contributed by atoms with van der Waals surface area (Å²) in [5, 5.41) is 2.73. The van der Waals surface area contributed by atoms with Gasteiger partial charge in [0, 0.05) is 6.04 Å². The van der Waals surface area contributed by atoms with Gasteiger partial charge in [0.1, 0.15) is 6.54 Å². The standard InChI is InChI=1S/C16H16N2O5/c1-9(15(21)17-10-6-7-10)23-13(19)8-18-12-5-3-2-4-11(12)14(20)16(18)22/h2-5,9-10H,6-8H2,1H3,(H,17,21)/t9-/m1/s1. The zero-order valence-electron chi connectivity index (χ0n) is 12.6. The Labute approximate surface area is 132 Å². The van der Waals surface area contributed by atoms with Crippen LogP contribution in [-0.4, -0.2) is 42.3 Å². The summed E-state index contributed by atoms with van der Waals surface area (Å²) in [5.41, 5.74) is 0.652. The Hall–Kier alpha value is -2.70. The van der Waals surface area contributed by atoms with Crippen LogP contribution in [0.4, 0.5) is 5.69 Å². The quantitative estimate of drug-likeness (QED) is 0.628. The van der Waals surface area contributed by atoms with Crippen molar-refractivity contribution < 1.29 is 23.9 Å². The van der Waals surface area contributed by atoms with E-state index in [0.717, 1.165) is 17.7 Å². The number of para-hydroxylation sites is 1. The van der Waals surface area contributed by atoms with Gasteiger partial charge in [0.2, 0.25) is 0 Å². The van der Waals surface area contributed by atoms with E-state index in [2.05, 4.69) is 5.32 Å². The Morgan fingerprint density at radius 1 is 1.30 bits per heavy atom. The van der Waals surface area contributed by atoms with E-state index in [-0.39, 0.29) is 17.5 Å². The molecule has 2 aliphatic rings. The van der Waals surface area contributed by atoms with Crippen LogP contribution in [0.25, 0.3) is 0 Å². The van der Waals surface area contributed by atoms with Crippen molar-refractivity contribution >= 4 is 29.3 Å². The summed E-state index contributed by atoms with van der Waals surface area (Å²) in [6.45, 7) is 1.07. The first-order valence-electron chi connectivity index (χ1n) is 7.42. The summed E-state index contributed by atoms with van der Waals surface area (Å²) < 4.78 is 5.05. The molecule has 1 heterocycles. The minimum Gasteiger partial charge on any atom is -0.451 e. The number of ether oxygens (including phenoxy) is 1. The molecule has 0 aromatic heterocycles. The molecule has 3 rings (SSSR count). The first kappa shape index (κ1) is 15.2. The maximum atomic E-state index is 12.0. The molecule has 1 N–H and O–H groups in total. The van der Waals surface area contributed by atoms with Gasteiger partial charge in [-0.05, 0) is 31.9 Å². The number of rotatable bonds is 5. The Morgan fingerprint density at radius 3 is 2.70 bits per heavy atom. The summed E-state index contributed by atoms with van der Waals surface area (Å²) in [4.78, 5) is 48.6. The number of fused-ring (bicyclic) bond motifs is 1. The molecule has 0 bridgehead atoms. The van der Waals surface area contributed by atoms with Gasteiger partial charge in [-0.15, -0.1) is 0 Å². The summed E-state index contributed by atoms with van der Waals surface area (Å²) in [7, 11) is 0. The van der Waals surface area contributed by atoms with E-state index in [1.165, 1.54) is 13.0 Å². The lowest BCUT2D eigenvalue weighted by Gasteiger charge is -2.18. The normalized spacial score (nSPS) is 17.7. The number of Topliss-reactive ketones (excluding diaryl/α,β-unsaturated/α-hetero) is 1. The van der Waals surface area contributed by atoms with Gasteiger partial charge in [-0.2, -0.15) is 0 Å². The van der Waals surface area contributed by atoms with Crippen LogP contribution >= 0.6 is 0 Å². The SMILES string of the molecule is C[C@@H](OC(=O)CN1C(=O)C(=O)c2ccccc21)C(=O)NC1CC1. The van der Waals surface area contributed by atoms with Crippen LogP contribution < -0.4 is 10.2 Å². The highest BCUT2D eigenvalue weighted by atomic mass is 16.5. The molecule has 1 aromatic carbocycles. The molecule has 23 heavy (non-hydrogen) atoms. The molecule has 1 aromatic rings. The number of carbonyl (C=O) groups excluding carboxylic acids is 4. The van der Waals surface area contributed by atoms with E-state index in [4.69, 9.17) is 4.74 Å². The van der Waals surface area contributed by atoms with Crippen molar-refractivity contribution in [3.05, 3.63) is 29.8 Å². The molecule has 7 nitrogen and oxygen atoms in total. The Kier molecular flexibility index (Phi) is 3.85. The number of ketones is 1. The second-order valence-electron chi connectivity index (χ2n) is 5.65. The van der Waals surface area contributed by atoms with Gasteiger partial charge in [-0.1, -0.05) is 12.1 Å². The average Bonchev–Trinajstić information content (AvgIpc) is 3.31. The van der Waals surface area contributed by atoms with E-state index in [1.807, 2.05) is 0 Å². The third-order valence-corrected chi connectivity index (χ3v) is 3.77. The van der Waals surface area contributed by atoms with Crippen LogP contribution in [0.15, 0.2) is 24.3 Å². The predicted octanol–water partition coefficient (Wildman–Crippen LogP) is 0.426. The third-order valence-electron chi connectivity index (χ3n) is 3.77. The van der Waals surface area contributed by atoms with Crippen molar-refractivity contribution in [2.75, 3.05) is 11.4 Å². The topological polar surface area (TPSA) is 92.8 Å². The van der Waals surface area contributed by atoms with Crippen molar-refractivity contribution in [1.29, 1.82) is 0 Å². The van der Waals surface area contributed by atoms with E-state index in [9.17, 15) is 19.2 Å². The molecule has 0 radical (unpaired) electrons. The molecular formula is C16H16N2O5. The Balaban J connectivity index is 1.62. The third kappa shape index (κ3) is 3.08. The van der Waals surface area contributed by atoms with Gasteiger partial charge in [0.15, 0.2) is 6.10 Å². The molecule has 1 saturated carbocycles. The summed E-state index contributed by atoms with van der Waals surface area (Å²) in [5.74, 6) is -2.50. The Morgan fingerprint density at radius 2 is 2.00 bits per heavy atom. The van der Waals surface area contributed by atoms with Crippen molar-refractivity contribution in [2.24, 2.45) is 0 Å². The zero-order valence-corrected chi connectivity index (χ0v) is 12.6. The molecule has 0 spiro atoms. The zero-order chi connectivity index (χ0) is 16.6. The van der Waals surface area contributed by atoms with Crippen LogP contribution in [-0.2, 0) is 19.1 Å². The molecule has 7 heteroatoms. The van der Waals surface area contributed by atoms with Gasteiger partial charge in [-0.3, -0.25) is 24.1 Å². The highest BCUT2D eigenvalue weighted by Crippen LogP contribution is 2.28. The summed E-state index contributed by atoms with van der Waals surface area (Å²) in [6.07, 6.45) is 0.938. The molecule has 1 aliphatic carbocycles. The highest BCUT2D eigenvalue weighted by Gasteiger charge is 2.37. The van der Waals surface area contributed by atoms with Crippen molar-refractivity contribution in [2.45, 2.75) is 31.9 Å². The average molecular weight is 316 g/mol. The van der Waals surface area contributed by atoms with Crippen LogP contribution in [0.2, 0.25) is 0 Å². The fourth-order valence-electron chi connectivity index (χ4n) is 2.37. The number of benzene rings is 1. The van der Waals surface area contributed by atoms with Gasteiger partial charge >= 0.3 is 5.97 Å². The smallest absolute Gasteiger partial charge is 0.326 e. The lowest BCUT2D eigenvalue weighted by atomic mass is 10.1. The van der Waals surface area contributed by atoms with Crippen molar-refractivity contribution in [3.8, 4) is 0 Å². The number of anilines is 1. The van der Waals surface area contributed by atoms with E-state index >= 15 is 0 Å². The first-order valence-corrected chi connectivity index (χ1v) is 7.42. The molecule has 0 unspecified atom stereocenters. The van der Waals surface area contributed by atoms with Gasteiger partial charge < -0.3 is 10.1 Å². The maximum Gasteiger partial charge on any atom is 0.326 e. The fraction of sp³-hybridized carbons (Fsp3) is 0.375. The lowest BCUT2D eigenvalue weighted by Crippen LogP contribution is -2.40. The highest BCUT2D eigenvalue weighted by molar-refractivity contribution is 6.52. The number of esters is 1. The monoisotopic (exact) mass is 316 g/mol. The lowest BCUT2D eigenvalue weighted by molar-refractivity contribution is -0.153. The van der Waals surface area contributed by atoms with Crippen LogP contribution in [0.5, 0.6) is 0 Å². The molecule has 0 saturated heterocycles. The van der Waals surface area contributed by atoms with Gasteiger partial charge in [0.25, 0.3) is 17.6 Å². The molecule has 1 atom stereocenters. The first-order chi connectivity index (χ1) is 11.0. The number of amides is 2. The summed E-state index contributed by atoms with van der Waals surface area (Å²) in [6, 6.07) is 6.62. The van der Waals surface area contributed by atoms with Crippen LogP contribution in [0.1, 0.15) is 30.1 Å². The van der Waals surface area contributed by atoms with Crippen molar-refractivity contribution in [3.63, 3.8) is 0 Å². The number of nitrogens with one attached hydrogen (secondary N) is 1. The van der Waals surface area contributed by atoms with E-state index in [1.54, 1.807) is 18.2 Å². The maximum absolute atomic E-state index is 12.0. The number of hydrogen-bond donors (Lipinski definition) is 1. The van der Waals surface area contributed by atoms with Crippen molar-refractivity contribution in [1.82, 2.24) is 5.32 Å². The van der Waals surface area contributed by atoms with Gasteiger partial charge in [-0.25, -0.2) is 0 Å².